The zero-order valence-electron chi connectivity index (χ0n) is 6.21. The molecule has 0 aromatic carbocycles. The molecule has 0 bridgehead atoms. The van der Waals surface area contributed by atoms with Crippen molar-refractivity contribution in [2.45, 2.75) is 0 Å². The predicted molar refractivity (Wildman–Crippen MR) is 38.2 cm³/mol. The summed E-state index contributed by atoms with van der Waals surface area (Å²) < 4.78 is 59.3. The molecule has 0 aliphatic rings. The fourth-order valence-electron chi connectivity index (χ4n) is 0.119. The quantitative estimate of drug-likeness (QED) is 0.579. The molecule has 0 amide bonds. The average molecular weight is 226 g/mol. The van der Waals surface area contributed by atoms with Gasteiger partial charge in [0.1, 0.15) is 0 Å². The first-order valence-corrected chi connectivity index (χ1v) is 5.15. The molecular formula is C2H8F2N2O4S2. The van der Waals surface area contributed by atoms with Crippen LogP contribution in [0, 0.1) is 0 Å². The van der Waals surface area contributed by atoms with Gasteiger partial charge in [-0.3, -0.25) is 0 Å². The van der Waals surface area contributed by atoms with E-state index >= 15 is 0 Å². The molecule has 0 fully saturated rings. The van der Waals surface area contributed by atoms with Crippen LogP contribution in [-0.4, -0.2) is 30.9 Å². The van der Waals surface area contributed by atoms with Crippen molar-refractivity contribution < 1.29 is 24.6 Å². The molecule has 12 heavy (non-hydrogen) atoms. The Bertz CT molecular complexity index is 265. The molecule has 10 heteroatoms. The van der Waals surface area contributed by atoms with Crippen molar-refractivity contribution in [3.05, 3.63) is 0 Å². The van der Waals surface area contributed by atoms with Crippen LogP contribution in [0.2, 0.25) is 0 Å². The Hall–Kier alpha value is -0.320. The first-order valence-electron chi connectivity index (χ1n) is 2.38. The lowest BCUT2D eigenvalue weighted by Gasteiger charge is -1.87. The highest BCUT2D eigenvalue weighted by Gasteiger charge is 2.17. The number of hydrogen-bond donors (Lipinski definition) is 2. The molecular weight excluding hydrogens is 218 g/mol. The molecule has 0 heterocycles. The number of nitrogens with one attached hydrogen (secondary N) is 2. The Kier molecular flexibility index (Phi) is 6.34. The van der Waals surface area contributed by atoms with Crippen molar-refractivity contribution in [2.24, 2.45) is 0 Å². The summed E-state index contributed by atoms with van der Waals surface area (Å²) in [6.07, 6.45) is 0. The third-order valence-electron chi connectivity index (χ3n) is 0.199. The minimum absolute atomic E-state index is 0.0694. The largest absolute Gasteiger partial charge is 0.387 e. The zero-order chi connectivity index (χ0) is 10.4. The molecule has 0 rings (SSSR count). The van der Waals surface area contributed by atoms with Crippen LogP contribution in [0.4, 0.5) is 7.77 Å². The highest BCUT2D eigenvalue weighted by molar-refractivity contribution is 7.99. The maximum absolute atomic E-state index is 11.1. The van der Waals surface area contributed by atoms with Gasteiger partial charge in [-0.05, 0) is 14.1 Å². The van der Waals surface area contributed by atoms with Crippen molar-refractivity contribution in [1.29, 1.82) is 0 Å². The van der Waals surface area contributed by atoms with Gasteiger partial charge in [0.05, 0.1) is 0 Å². The van der Waals surface area contributed by atoms with E-state index in [0.29, 0.717) is 0 Å². The molecule has 0 radical (unpaired) electrons. The Balaban J connectivity index is 0. The minimum atomic E-state index is -5.49. The van der Waals surface area contributed by atoms with Gasteiger partial charge < -0.3 is 5.32 Å². The van der Waals surface area contributed by atoms with Crippen LogP contribution >= 0.6 is 0 Å². The van der Waals surface area contributed by atoms with E-state index in [1.54, 1.807) is 0 Å². The molecule has 76 valence electrons. The van der Waals surface area contributed by atoms with Gasteiger partial charge in [-0.25, -0.2) is 0 Å². The molecule has 0 aliphatic carbocycles. The second-order valence-electron chi connectivity index (χ2n) is 1.46. The lowest BCUT2D eigenvalue weighted by atomic mass is 11.3. The maximum atomic E-state index is 11.1. The Morgan fingerprint density at radius 2 is 1.08 bits per heavy atom. The lowest BCUT2D eigenvalue weighted by Crippen LogP contribution is -2.23. The lowest BCUT2D eigenvalue weighted by molar-refractivity contribution is 0.527. The van der Waals surface area contributed by atoms with Crippen molar-refractivity contribution in [1.82, 2.24) is 9.44 Å². The average Bonchev–Trinajstić information content (AvgIpc) is 1.53. The number of halogens is 2. The second kappa shape index (κ2) is 5.35. The van der Waals surface area contributed by atoms with Gasteiger partial charge in [0.15, 0.2) is 0 Å². The van der Waals surface area contributed by atoms with E-state index in [2.05, 4.69) is 5.32 Å². The van der Waals surface area contributed by atoms with E-state index in [9.17, 15) is 24.6 Å². The van der Waals surface area contributed by atoms with Crippen LogP contribution in [0.5, 0.6) is 0 Å². The molecule has 0 saturated carbocycles. The standard InChI is InChI=1S/C2H7N.F2HNO4S2/c1-3-2;1-8(4,5)3-9(2,6)7/h3H,1-2H3;3H. The summed E-state index contributed by atoms with van der Waals surface area (Å²) in [5, 5.41) is 2.75. The topological polar surface area (TPSA) is 92.3 Å². The van der Waals surface area contributed by atoms with Crippen LogP contribution in [0.25, 0.3) is 0 Å². The second-order valence-corrected chi connectivity index (χ2v) is 3.88. The Labute approximate surface area is 69.7 Å². The monoisotopic (exact) mass is 226 g/mol. The first-order chi connectivity index (χ1) is 5.12. The molecule has 0 aliphatic heterocycles. The van der Waals surface area contributed by atoms with Crippen LogP contribution in [0.1, 0.15) is 0 Å². The molecule has 0 saturated heterocycles. The Morgan fingerprint density at radius 3 is 1.08 bits per heavy atom. The normalized spacial score (nSPS) is 11.7. The molecule has 0 unspecified atom stereocenters. The summed E-state index contributed by atoms with van der Waals surface area (Å²) in [6, 6.07) is 0. The van der Waals surface area contributed by atoms with Crippen molar-refractivity contribution >= 4 is 20.8 Å². The molecule has 0 atom stereocenters. The SMILES string of the molecule is CNC.O=S(=O)(F)NS(=O)(=O)F. The van der Waals surface area contributed by atoms with Gasteiger partial charge in [-0.1, -0.05) is 11.9 Å². The third kappa shape index (κ3) is 22.6. The predicted octanol–water partition coefficient (Wildman–Crippen LogP) is -1.16. The van der Waals surface area contributed by atoms with Crippen molar-refractivity contribution in [3.63, 3.8) is 0 Å². The summed E-state index contributed by atoms with van der Waals surface area (Å²) in [6.45, 7) is 0. The molecule has 0 aromatic rings. The van der Waals surface area contributed by atoms with Crippen LogP contribution in [-0.2, 0) is 20.8 Å². The summed E-state index contributed by atoms with van der Waals surface area (Å²) >= 11 is 0. The third-order valence-corrected chi connectivity index (χ3v) is 1.79. The number of hydrogen-bond acceptors (Lipinski definition) is 5. The summed E-state index contributed by atoms with van der Waals surface area (Å²) in [5.74, 6) is 0. The maximum Gasteiger partial charge on any atom is 0.387 e. The highest BCUT2D eigenvalue weighted by atomic mass is 32.3. The van der Waals surface area contributed by atoms with Crippen LogP contribution in [0.15, 0.2) is 0 Å². The first kappa shape index (κ1) is 14.2. The smallest absolute Gasteiger partial charge is 0.323 e. The van der Waals surface area contributed by atoms with E-state index in [4.69, 9.17) is 0 Å². The van der Waals surface area contributed by atoms with Gasteiger partial charge in [-0.15, -0.1) is 0 Å². The van der Waals surface area contributed by atoms with E-state index in [1.807, 2.05) is 14.1 Å². The van der Waals surface area contributed by atoms with E-state index < -0.39 is 20.8 Å². The van der Waals surface area contributed by atoms with E-state index in [-0.39, 0.29) is 4.13 Å². The summed E-state index contributed by atoms with van der Waals surface area (Å²) in [5.41, 5.74) is 0. The fraction of sp³-hybridized carbons (Fsp3) is 1.00. The minimum Gasteiger partial charge on any atom is -0.323 e. The van der Waals surface area contributed by atoms with Gasteiger partial charge in [0.25, 0.3) is 0 Å². The van der Waals surface area contributed by atoms with Gasteiger partial charge >= 0.3 is 20.8 Å². The van der Waals surface area contributed by atoms with Gasteiger partial charge in [0, 0.05) is 0 Å². The molecule has 0 spiro atoms. The number of rotatable bonds is 2. The summed E-state index contributed by atoms with van der Waals surface area (Å²) in [7, 11) is -7.24. The van der Waals surface area contributed by atoms with Gasteiger partial charge in [0.2, 0.25) is 0 Å². The van der Waals surface area contributed by atoms with Gasteiger partial charge in [-0.2, -0.15) is 16.8 Å². The molecule has 0 aromatic heterocycles. The zero-order valence-corrected chi connectivity index (χ0v) is 7.84. The summed E-state index contributed by atoms with van der Waals surface area (Å²) in [4.78, 5) is 0. The van der Waals surface area contributed by atoms with E-state index in [0.717, 1.165) is 0 Å². The van der Waals surface area contributed by atoms with Crippen LogP contribution < -0.4 is 9.44 Å². The van der Waals surface area contributed by atoms with Crippen molar-refractivity contribution in [3.8, 4) is 0 Å². The van der Waals surface area contributed by atoms with Crippen LogP contribution in [0.3, 0.4) is 0 Å². The fourth-order valence-corrected chi connectivity index (χ4v) is 1.07. The van der Waals surface area contributed by atoms with E-state index in [1.165, 1.54) is 0 Å². The highest BCUT2D eigenvalue weighted by Crippen LogP contribution is 1.90. The van der Waals surface area contributed by atoms with Crippen molar-refractivity contribution in [2.75, 3.05) is 14.1 Å². The molecule has 2 N–H and O–H groups in total. The Morgan fingerprint density at radius 1 is 0.917 bits per heavy atom. The molecule has 6 nitrogen and oxygen atoms in total.